The van der Waals surface area contributed by atoms with Crippen molar-refractivity contribution in [3.63, 3.8) is 0 Å². The lowest BCUT2D eigenvalue weighted by Crippen LogP contribution is -2.37. The van der Waals surface area contributed by atoms with Crippen LogP contribution in [0.5, 0.6) is 0 Å². The summed E-state index contributed by atoms with van der Waals surface area (Å²) in [5.41, 5.74) is 1.85. The molecule has 2 heterocycles. The van der Waals surface area contributed by atoms with Gasteiger partial charge in [-0.1, -0.05) is 43.3 Å². The van der Waals surface area contributed by atoms with Crippen LogP contribution in [0, 0.1) is 0 Å². The maximum atomic E-state index is 11.5. The van der Waals surface area contributed by atoms with Crippen LogP contribution < -0.4 is 4.90 Å². The van der Waals surface area contributed by atoms with Crippen molar-refractivity contribution >= 4 is 12.0 Å². The number of fused-ring (bicyclic) bond motifs is 1. The van der Waals surface area contributed by atoms with Crippen LogP contribution in [0.2, 0.25) is 0 Å². The van der Waals surface area contributed by atoms with Gasteiger partial charge >= 0.3 is 12.0 Å². The van der Waals surface area contributed by atoms with E-state index in [1.807, 2.05) is 43.0 Å². The van der Waals surface area contributed by atoms with Crippen molar-refractivity contribution in [2.45, 2.75) is 32.2 Å². The second kappa shape index (κ2) is 5.20. The predicted octanol–water partition coefficient (Wildman–Crippen LogP) is 2.38. The van der Waals surface area contributed by atoms with Crippen molar-refractivity contribution in [3.8, 4) is 0 Å². The number of carboxylic acid groups (broad SMARTS) is 1. The number of nitrogens with zero attached hydrogens (tertiary/aromatic N) is 3. The topological polar surface area (TPSA) is 79.5 Å². The fraction of sp³-hybridized carbons (Fsp3) is 0.400. The summed E-state index contributed by atoms with van der Waals surface area (Å²) in [7, 11) is 0. The van der Waals surface area contributed by atoms with E-state index in [2.05, 4.69) is 10.1 Å². The average Bonchev–Trinajstić information content (AvgIpc) is 2.96. The molecular weight excluding hydrogens is 270 g/mol. The number of hydrogen-bond donors (Lipinski definition) is 1. The smallest absolute Gasteiger partial charge is 0.324 e. The Hall–Kier alpha value is -2.37. The minimum absolute atomic E-state index is 0.176. The highest BCUT2D eigenvalue weighted by Crippen LogP contribution is 2.31. The fourth-order valence-corrected chi connectivity index (χ4v) is 2.55. The Labute approximate surface area is 122 Å². The lowest BCUT2D eigenvalue weighted by Gasteiger charge is -2.31. The van der Waals surface area contributed by atoms with Gasteiger partial charge in [0.25, 0.3) is 0 Å². The number of carboxylic acids is 1. The van der Waals surface area contributed by atoms with Gasteiger partial charge < -0.3 is 14.5 Å². The fourth-order valence-electron chi connectivity index (χ4n) is 2.55. The van der Waals surface area contributed by atoms with Crippen molar-refractivity contribution in [2.24, 2.45) is 0 Å². The third-order valence-electron chi connectivity index (χ3n) is 3.71. The Morgan fingerprint density at radius 1 is 1.43 bits per heavy atom. The van der Waals surface area contributed by atoms with E-state index in [4.69, 9.17) is 4.52 Å². The normalized spacial score (nSPS) is 17.9. The van der Waals surface area contributed by atoms with Crippen LogP contribution in [-0.2, 0) is 11.3 Å². The molecule has 0 fully saturated rings. The summed E-state index contributed by atoms with van der Waals surface area (Å²) in [6, 6.07) is 7.98. The Morgan fingerprint density at radius 3 is 2.86 bits per heavy atom. The summed E-state index contributed by atoms with van der Waals surface area (Å²) in [4.78, 5) is 17.7. The van der Waals surface area contributed by atoms with Crippen LogP contribution in [0.1, 0.15) is 42.6 Å². The first-order valence-electron chi connectivity index (χ1n) is 6.95. The summed E-state index contributed by atoms with van der Waals surface area (Å²) in [5, 5.41) is 13.4. The highest BCUT2D eigenvalue weighted by atomic mass is 16.5. The first-order chi connectivity index (χ1) is 10.1. The lowest BCUT2D eigenvalue weighted by molar-refractivity contribution is -0.138. The van der Waals surface area contributed by atoms with Gasteiger partial charge in [0.1, 0.15) is 0 Å². The Bertz CT molecular complexity index is 666. The van der Waals surface area contributed by atoms with E-state index in [9.17, 15) is 9.90 Å². The van der Waals surface area contributed by atoms with Gasteiger partial charge in [-0.2, -0.15) is 4.98 Å². The van der Waals surface area contributed by atoms with Gasteiger partial charge in [-0.15, -0.1) is 0 Å². The number of carbonyl (C=O) groups is 1. The number of rotatable bonds is 3. The molecule has 1 N–H and O–H groups in total. The van der Waals surface area contributed by atoms with Crippen LogP contribution in [0.4, 0.5) is 6.01 Å². The molecule has 1 aliphatic heterocycles. The second-order valence-corrected chi connectivity index (χ2v) is 5.56. The van der Waals surface area contributed by atoms with Crippen LogP contribution in [-0.4, -0.2) is 27.8 Å². The van der Waals surface area contributed by atoms with Gasteiger partial charge in [0.15, 0.2) is 5.82 Å². The van der Waals surface area contributed by atoms with Crippen molar-refractivity contribution in [1.82, 2.24) is 10.1 Å². The lowest BCUT2D eigenvalue weighted by atomic mass is 9.90. The molecule has 6 nitrogen and oxygen atoms in total. The van der Waals surface area contributed by atoms with E-state index in [-0.39, 0.29) is 5.92 Å². The molecule has 0 saturated carbocycles. The second-order valence-electron chi connectivity index (χ2n) is 5.56. The van der Waals surface area contributed by atoms with Gasteiger partial charge in [-0.25, -0.2) is 0 Å². The van der Waals surface area contributed by atoms with E-state index in [1.54, 1.807) is 0 Å². The van der Waals surface area contributed by atoms with Crippen LogP contribution in [0.25, 0.3) is 0 Å². The van der Waals surface area contributed by atoms with Crippen molar-refractivity contribution < 1.29 is 14.4 Å². The molecule has 1 aromatic carbocycles. The first-order valence-corrected chi connectivity index (χ1v) is 6.95. The van der Waals surface area contributed by atoms with E-state index in [0.29, 0.717) is 24.9 Å². The minimum Gasteiger partial charge on any atom is -0.481 e. The Kier molecular flexibility index (Phi) is 3.37. The van der Waals surface area contributed by atoms with Crippen LogP contribution in [0.3, 0.4) is 0 Å². The zero-order chi connectivity index (χ0) is 15.0. The third kappa shape index (κ3) is 2.49. The highest BCUT2D eigenvalue weighted by Gasteiger charge is 2.32. The minimum atomic E-state index is -0.837. The first kappa shape index (κ1) is 13.6. The molecule has 0 bridgehead atoms. The number of benzene rings is 1. The number of aromatic nitrogens is 2. The van der Waals surface area contributed by atoms with Gasteiger partial charge in [0.05, 0.1) is 5.92 Å². The van der Waals surface area contributed by atoms with Gasteiger partial charge in [0.2, 0.25) is 0 Å². The van der Waals surface area contributed by atoms with Crippen LogP contribution in [0.15, 0.2) is 28.8 Å². The van der Waals surface area contributed by atoms with Gasteiger partial charge in [0, 0.05) is 19.0 Å². The average molecular weight is 287 g/mol. The monoisotopic (exact) mass is 287 g/mol. The number of anilines is 1. The van der Waals surface area contributed by atoms with Crippen LogP contribution >= 0.6 is 0 Å². The quantitative estimate of drug-likeness (QED) is 0.933. The Balaban J connectivity index is 1.94. The molecule has 0 radical (unpaired) electrons. The van der Waals surface area contributed by atoms with E-state index >= 15 is 0 Å². The molecule has 0 amide bonds. The molecule has 0 aliphatic carbocycles. The standard InChI is InChI=1S/C15H17N3O3/c1-9(2)13-16-15(21-17-13)18-7-10-5-3-4-6-11(10)12(8-18)14(19)20/h3-6,9,12H,7-8H2,1-2H3,(H,19,20). The molecule has 1 aromatic heterocycles. The summed E-state index contributed by atoms with van der Waals surface area (Å²) < 4.78 is 5.28. The molecule has 0 spiro atoms. The Morgan fingerprint density at radius 2 is 2.19 bits per heavy atom. The van der Waals surface area contributed by atoms with E-state index in [0.717, 1.165) is 11.1 Å². The van der Waals surface area contributed by atoms with Gasteiger partial charge in [-0.05, 0) is 11.1 Å². The van der Waals surface area contributed by atoms with E-state index in [1.165, 1.54) is 0 Å². The maximum Gasteiger partial charge on any atom is 0.324 e. The highest BCUT2D eigenvalue weighted by molar-refractivity contribution is 5.78. The maximum absolute atomic E-state index is 11.5. The van der Waals surface area contributed by atoms with E-state index < -0.39 is 11.9 Å². The van der Waals surface area contributed by atoms with Gasteiger partial charge in [-0.3, -0.25) is 4.79 Å². The molecule has 2 aromatic rings. The summed E-state index contributed by atoms with van der Waals surface area (Å²) in [6.45, 7) is 4.89. The molecule has 1 aliphatic rings. The van der Waals surface area contributed by atoms with Crippen molar-refractivity contribution in [2.75, 3.05) is 11.4 Å². The summed E-state index contributed by atoms with van der Waals surface area (Å²) in [5.74, 6) is -0.606. The zero-order valence-electron chi connectivity index (χ0n) is 12.0. The summed E-state index contributed by atoms with van der Waals surface area (Å²) in [6.07, 6.45) is 0. The largest absolute Gasteiger partial charge is 0.481 e. The molecule has 21 heavy (non-hydrogen) atoms. The molecule has 1 atom stereocenters. The SMILES string of the molecule is CC(C)c1noc(N2Cc3ccccc3C(C(=O)O)C2)n1. The molecule has 6 heteroatoms. The summed E-state index contributed by atoms with van der Waals surface area (Å²) >= 11 is 0. The number of aliphatic carboxylic acids is 1. The molecule has 3 rings (SSSR count). The molecular formula is C15H17N3O3. The zero-order valence-corrected chi connectivity index (χ0v) is 12.0. The molecule has 110 valence electrons. The third-order valence-corrected chi connectivity index (χ3v) is 3.71. The number of hydrogen-bond acceptors (Lipinski definition) is 5. The molecule has 0 saturated heterocycles. The molecule has 1 unspecified atom stereocenters. The predicted molar refractivity (Wildman–Crippen MR) is 76.3 cm³/mol. The van der Waals surface area contributed by atoms with Crippen molar-refractivity contribution in [1.29, 1.82) is 0 Å². The van der Waals surface area contributed by atoms with Crippen molar-refractivity contribution in [3.05, 3.63) is 41.2 Å².